The predicted octanol–water partition coefficient (Wildman–Crippen LogP) is 2.78. The van der Waals surface area contributed by atoms with Crippen LogP contribution in [-0.4, -0.2) is 24.6 Å². The molecular weight excluding hydrogens is 220 g/mol. The van der Waals surface area contributed by atoms with Crippen LogP contribution in [0.2, 0.25) is 0 Å². The summed E-state index contributed by atoms with van der Waals surface area (Å²) in [5, 5.41) is 0. The number of aldehydes is 1. The molecule has 0 unspecified atom stereocenters. The number of allylic oxidation sites excluding steroid dienone is 3. The van der Waals surface area contributed by atoms with Crippen molar-refractivity contribution in [1.29, 1.82) is 0 Å². The van der Waals surface area contributed by atoms with E-state index in [-0.39, 0.29) is 12.2 Å². The van der Waals surface area contributed by atoms with Gasteiger partial charge in [0.1, 0.15) is 12.4 Å². The highest BCUT2D eigenvalue weighted by molar-refractivity contribution is 5.65. The van der Waals surface area contributed by atoms with Gasteiger partial charge in [-0.2, -0.15) is 0 Å². The molecule has 17 heavy (non-hydrogen) atoms. The van der Waals surface area contributed by atoms with Crippen molar-refractivity contribution in [2.24, 2.45) is 0 Å². The molecule has 0 aromatic carbocycles. The minimum atomic E-state index is -0.611. The minimum Gasteiger partial charge on any atom is -0.427 e. The summed E-state index contributed by atoms with van der Waals surface area (Å²) in [4.78, 5) is 21.1. The first-order chi connectivity index (χ1) is 8.27. The zero-order chi connectivity index (χ0) is 12.5. The lowest BCUT2D eigenvalue weighted by atomic mass is 10.1. The van der Waals surface area contributed by atoms with Gasteiger partial charge >= 0.3 is 6.16 Å². The smallest absolute Gasteiger partial charge is 0.427 e. The molecule has 0 bridgehead atoms. The average Bonchev–Trinajstić information content (AvgIpc) is 2.66. The summed E-state index contributed by atoms with van der Waals surface area (Å²) in [5.74, 6) is 0. The molecule has 0 aromatic heterocycles. The van der Waals surface area contributed by atoms with Crippen LogP contribution in [-0.2, 0) is 14.3 Å². The second kappa shape index (κ2) is 7.65. The Labute approximate surface area is 101 Å². The van der Waals surface area contributed by atoms with E-state index in [0.717, 1.165) is 25.7 Å². The Balaban J connectivity index is 2.43. The van der Waals surface area contributed by atoms with Crippen LogP contribution in [0.5, 0.6) is 0 Å². The fourth-order valence-electron chi connectivity index (χ4n) is 1.67. The van der Waals surface area contributed by atoms with Crippen molar-refractivity contribution in [1.82, 2.24) is 0 Å². The molecule has 1 aliphatic heterocycles. The molecule has 2 atom stereocenters. The van der Waals surface area contributed by atoms with Gasteiger partial charge in [-0.15, -0.1) is 0 Å². The van der Waals surface area contributed by atoms with Crippen molar-refractivity contribution >= 4 is 12.4 Å². The Morgan fingerprint density at radius 3 is 2.71 bits per heavy atom. The van der Waals surface area contributed by atoms with Gasteiger partial charge < -0.3 is 9.47 Å². The van der Waals surface area contributed by atoms with E-state index in [1.165, 1.54) is 6.08 Å². The monoisotopic (exact) mass is 238 g/mol. The van der Waals surface area contributed by atoms with Crippen LogP contribution in [0.15, 0.2) is 24.3 Å². The van der Waals surface area contributed by atoms with E-state index in [1.54, 1.807) is 18.2 Å². The highest BCUT2D eigenvalue weighted by Crippen LogP contribution is 2.21. The molecule has 0 aliphatic carbocycles. The minimum absolute atomic E-state index is 0.199. The summed E-state index contributed by atoms with van der Waals surface area (Å²) in [6.07, 6.45) is 10.0. The van der Waals surface area contributed by atoms with Crippen LogP contribution in [0.4, 0.5) is 4.79 Å². The standard InChI is InChI=1S/C13H18O4/c1-2-3-5-8-11-12(17-13(15)16-11)9-6-4-7-10-14/h4,6-7,9-12H,2-3,5,8H2,1H3/b7-4+,9-6+/t11-,12+/m0/s1. The number of hydrogen-bond donors (Lipinski definition) is 0. The second-order valence-electron chi connectivity index (χ2n) is 3.89. The molecule has 1 saturated heterocycles. The first kappa shape index (κ1) is 13.5. The molecule has 1 rings (SSSR count). The molecule has 1 heterocycles. The third-order valence-electron chi connectivity index (χ3n) is 2.54. The summed E-state index contributed by atoms with van der Waals surface area (Å²) < 4.78 is 10.1. The maximum atomic E-state index is 11.0. The van der Waals surface area contributed by atoms with Gasteiger partial charge in [-0.3, -0.25) is 4.79 Å². The van der Waals surface area contributed by atoms with Crippen molar-refractivity contribution in [3.8, 4) is 0 Å². The van der Waals surface area contributed by atoms with Gasteiger partial charge in [0.15, 0.2) is 6.10 Å². The van der Waals surface area contributed by atoms with Crippen LogP contribution < -0.4 is 0 Å². The topological polar surface area (TPSA) is 52.6 Å². The molecule has 1 fully saturated rings. The molecule has 4 heteroatoms. The Morgan fingerprint density at radius 2 is 2.00 bits per heavy atom. The summed E-state index contributed by atoms with van der Waals surface area (Å²) >= 11 is 0. The van der Waals surface area contributed by atoms with Gasteiger partial charge in [0.05, 0.1) is 0 Å². The Morgan fingerprint density at radius 1 is 1.18 bits per heavy atom. The molecule has 4 nitrogen and oxygen atoms in total. The van der Waals surface area contributed by atoms with Crippen LogP contribution in [0, 0.1) is 0 Å². The molecule has 0 amide bonds. The van der Waals surface area contributed by atoms with E-state index in [0.29, 0.717) is 6.29 Å². The third-order valence-corrected chi connectivity index (χ3v) is 2.54. The fraction of sp³-hybridized carbons (Fsp3) is 0.538. The SMILES string of the molecule is CCCCC[C@@H]1OC(=O)O[C@@H]1/C=C/C=C/C=O. The normalized spacial score (nSPS) is 24.2. The lowest BCUT2D eigenvalue weighted by Gasteiger charge is -2.11. The lowest BCUT2D eigenvalue weighted by Crippen LogP contribution is -2.20. The molecule has 0 aromatic rings. The second-order valence-corrected chi connectivity index (χ2v) is 3.89. The summed E-state index contributed by atoms with van der Waals surface area (Å²) in [6, 6.07) is 0. The Kier molecular flexibility index (Phi) is 6.07. The van der Waals surface area contributed by atoms with Crippen molar-refractivity contribution in [3.63, 3.8) is 0 Å². The number of rotatable bonds is 7. The predicted molar refractivity (Wildman–Crippen MR) is 63.6 cm³/mol. The summed E-state index contributed by atoms with van der Waals surface area (Å²) in [7, 11) is 0. The third kappa shape index (κ3) is 4.85. The number of hydrogen-bond acceptors (Lipinski definition) is 4. The maximum Gasteiger partial charge on any atom is 0.509 e. The number of cyclic esters (lactones) is 2. The van der Waals surface area contributed by atoms with E-state index in [4.69, 9.17) is 9.47 Å². The highest BCUT2D eigenvalue weighted by atomic mass is 16.8. The molecule has 0 N–H and O–H groups in total. The fourth-order valence-corrected chi connectivity index (χ4v) is 1.67. The van der Waals surface area contributed by atoms with Gasteiger partial charge in [-0.1, -0.05) is 31.9 Å². The Bertz CT molecular complexity index is 307. The first-order valence-corrected chi connectivity index (χ1v) is 5.93. The van der Waals surface area contributed by atoms with Crippen LogP contribution in [0.1, 0.15) is 32.6 Å². The summed E-state index contributed by atoms with van der Waals surface area (Å²) in [5.41, 5.74) is 0. The van der Waals surface area contributed by atoms with E-state index in [9.17, 15) is 9.59 Å². The van der Waals surface area contributed by atoms with Gasteiger partial charge in [-0.05, 0) is 25.0 Å². The Hall–Kier alpha value is -1.58. The van der Waals surface area contributed by atoms with E-state index in [1.807, 2.05) is 0 Å². The molecule has 94 valence electrons. The molecule has 0 saturated carbocycles. The van der Waals surface area contributed by atoms with E-state index < -0.39 is 6.16 Å². The molecular formula is C13H18O4. The van der Waals surface area contributed by atoms with Crippen molar-refractivity contribution < 1.29 is 19.1 Å². The van der Waals surface area contributed by atoms with Gasteiger partial charge in [0.2, 0.25) is 0 Å². The van der Waals surface area contributed by atoms with Crippen LogP contribution in [0.3, 0.4) is 0 Å². The first-order valence-electron chi connectivity index (χ1n) is 5.93. The van der Waals surface area contributed by atoms with Gasteiger partial charge in [-0.25, -0.2) is 4.79 Å². The number of unbranched alkanes of at least 4 members (excludes halogenated alkanes) is 2. The zero-order valence-corrected chi connectivity index (χ0v) is 10.0. The summed E-state index contributed by atoms with van der Waals surface area (Å²) in [6.45, 7) is 2.12. The van der Waals surface area contributed by atoms with Crippen LogP contribution >= 0.6 is 0 Å². The quantitative estimate of drug-likeness (QED) is 0.225. The molecule has 0 radical (unpaired) electrons. The zero-order valence-electron chi connectivity index (χ0n) is 10.0. The highest BCUT2D eigenvalue weighted by Gasteiger charge is 2.33. The van der Waals surface area contributed by atoms with Gasteiger partial charge in [0, 0.05) is 0 Å². The van der Waals surface area contributed by atoms with E-state index >= 15 is 0 Å². The molecule has 1 aliphatic rings. The van der Waals surface area contributed by atoms with Gasteiger partial charge in [0.25, 0.3) is 0 Å². The van der Waals surface area contributed by atoms with Crippen molar-refractivity contribution in [2.45, 2.75) is 44.8 Å². The number of carbonyl (C=O) groups is 2. The number of carbonyl (C=O) groups excluding carboxylic acids is 2. The lowest BCUT2D eigenvalue weighted by molar-refractivity contribution is -0.104. The average molecular weight is 238 g/mol. The van der Waals surface area contributed by atoms with Crippen molar-refractivity contribution in [3.05, 3.63) is 24.3 Å². The number of ether oxygens (including phenoxy) is 2. The maximum absolute atomic E-state index is 11.0. The largest absolute Gasteiger partial charge is 0.509 e. The van der Waals surface area contributed by atoms with Crippen molar-refractivity contribution in [2.75, 3.05) is 0 Å². The molecule has 0 spiro atoms. The van der Waals surface area contributed by atoms with E-state index in [2.05, 4.69) is 6.92 Å². The van der Waals surface area contributed by atoms with Crippen LogP contribution in [0.25, 0.3) is 0 Å².